The molecule has 1 aliphatic carbocycles. The van der Waals surface area contributed by atoms with Gasteiger partial charge in [-0.2, -0.15) is 0 Å². The van der Waals surface area contributed by atoms with Crippen LogP contribution in [0.4, 0.5) is 0 Å². The lowest BCUT2D eigenvalue weighted by Gasteiger charge is -2.13. The molecular weight excluding hydrogens is 223 g/mol. The van der Waals surface area contributed by atoms with Gasteiger partial charge in [-0.3, -0.25) is 0 Å². The highest BCUT2D eigenvalue weighted by Gasteiger charge is 2.23. The van der Waals surface area contributed by atoms with E-state index < -0.39 is 0 Å². The first-order valence-electron chi connectivity index (χ1n) is 3.94. The third kappa shape index (κ3) is 1.82. The minimum absolute atomic E-state index is 1.07. The van der Waals surface area contributed by atoms with Crippen LogP contribution >= 0.6 is 22.6 Å². The van der Waals surface area contributed by atoms with Crippen LogP contribution in [0.25, 0.3) is 0 Å². The second-order valence-corrected chi connectivity index (χ2v) is 3.89. The Bertz CT molecular complexity index is 70.6. The van der Waals surface area contributed by atoms with Gasteiger partial charge in [0.15, 0.2) is 0 Å². The lowest BCUT2D eigenvalue weighted by atomic mass is 9.96. The van der Waals surface area contributed by atoms with Gasteiger partial charge in [0.25, 0.3) is 0 Å². The van der Waals surface area contributed by atoms with Gasteiger partial charge in [0.2, 0.25) is 0 Å². The number of rotatable bonds is 2. The van der Waals surface area contributed by atoms with Crippen LogP contribution in [-0.2, 0) is 0 Å². The van der Waals surface area contributed by atoms with Crippen LogP contribution in [-0.4, -0.2) is 4.43 Å². The molecule has 0 aromatic heterocycles. The molecule has 1 rings (SSSR count). The van der Waals surface area contributed by atoms with E-state index in [-0.39, 0.29) is 0 Å². The first-order valence-corrected chi connectivity index (χ1v) is 5.47. The zero-order valence-corrected chi connectivity index (χ0v) is 8.23. The summed E-state index contributed by atoms with van der Waals surface area (Å²) >= 11 is 2.53. The summed E-state index contributed by atoms with van der Waals surface area (Å²) in [4.78, 5) is 0. The zero-order valence-electron chi connectivity index (χ0n) is 6.07. The zero-order chi connectivity index (χ0) is 6.69. The van der Waals surface area contributed by atoms with E-state index in [1.54, 1.807) is 0 Å². The Morgan fingerprint density at radius 2 is 2.00 bits per heavy atom. The smallest absolute Gasteiger partial charge is 0.00263 e. The van der Waals surface area contributed by atoms with Gasteiger partial charge >= 0.3 is 0 Å². The topological polar surface area (TPSA) is 0 Å². The molecule has 0 aromatic rings. The lowest BCUT2D eigenvalue weighted by molar-refractivity contribution is 0.418. The van der Waals surface area contributed by atoms with E-state index in [1.165, 1.54) is 30.1 Å². The van der Waals surface area contributed by atoms with Gasteiger partial charge in [0.05, 0.1) is 0 Å². The normalized spacial score (nSPS) is 35.3. The fraction of sp³-hybridized carbons (Fsp3) is 1.00. The van der Waals surface area contributed by atoms with Crippen molar-refractivity contribution in [1.29, 1.82) is 0 Å². The average Bonchev–Trinajstić information content (AvgIpc) is 2.33. The Kier molecular flexibility index (Phi) is 3.30. The summed E-state index contributed by atoms with van der Waals surface area (Å²) in [7, 11) is 0. The van der Waals surface area contributed by atoms with E-state index in [4.69, 9.17) is 0 Å². The lowest BCUT2D eigenvalue weighted by Crippen LogP contribution is -2.07. The van der Waals surface area contributed by atoms with Gasteiger partial charge < -0.3 is 0 Å². The van der Waals surface area contributed by atoms with E-state index in [0.717, 1.165) is 11.8 Å². The van der Waals surface area contributed by atoms with E-state index in [0.29, 0.717) is 0 Å². The van der Waals surface area contributed by atoms with Crippen molar-refractivity contribution in [1.82, 2.24) is 0 Å². The second kappa shape index (κ2) is 3.79. The fourth-order valence-corrected chi connectivity index (χ4v) is 3.01. The van der Waals surface area contributed by atoms with Crippen LogP contribution < -0.4 is 0 Å². The van der Waals surface area contributed by atoms with Crippen molar-refractivity contribution in [2.24, 2.45) is 11.8 Å². The van der Waals surface area contributed by atoms with Crippen LogP contribution in [0.3, 0.4) is 0 Å². The van der Waals surface area contributed by atoms with Crippen LogP contribution in [0.1, 0.15) is 32.6 Å². The largest absolute Gasteiger partial charge is 0.0861 e. The quantitative estimate of drug-likeness (QED) is 0.511. The molecule has 0 radical (unpaired) electrons. The number of alkyl halides is 1. The Labute approximate surface area is 71.5 Å². The maximum absolute atomic E-state index is 2.53. The molecule has 0 saturated heterocycles. The third-order valence-electron chi connectivity index (χ3n) is 2.54. The van der Waals surface area contributed by atoms with Crippen LogP contribution in [0, 0.1) is 11.8 Å². The molecule has 0 bridgehead atoms. The van der Waals surface area contributed by atoms with Crippen molar-refractivity contribution in [3.8, 4) is 0 Å². The second-order valence-electron chi connectivity index (χ2n) is 3.01. The highest BCUT2D eigenvalue weighted by Crippen LogP contribution is 2.34. The molecule has 0 aromatic carbocycles. The summed E-state index contributed by atoms with van der Waals surface area (Å²) in [6.45, 7) is 2.33. The molecule has 1 fully saturated rings. The first-order chi connectivity index (χ1) is 4.38. The maximum atomic E-state index is 2.53. The van der Waals surface area contributed by atoms with Crippen molar-refractivity contribution >= 4 is 22.6 Å². The third-order valence-corrected chi connectivity index (χ3v) is 3.67. The number of halogens is 1. The first kappa shape index (κ1) is 7.83. The van der Waals surface area contributed by atoms with Gasteiger partial charge in [-0.25, -0.2) is 0 Å². The minimum Gasteiger partial charge on any atom is -0.0861 e. The van der Waals surface area contributed by atoms with Gasteiger partial charge in [-0.1, -0.05) is 48.8 Å². The molecule has 54 valence electrons. The van der Waals surface area contributed by atoms with Gasteiger partial charge in [0, 0.05) is 4.43 Å². The minimum atomic E-state index is 1.07. The standard InChI is InChI=1S/C8H15I/c1-2-7-4-3-5-8(7)6-9/h7-8H,2-6H2,1H3. The number of hydrogen-bond donors (Lipinski definition) is 0. The SMILES string of the molecule is CCC1CCCC1CI. The van der Waals surface area contributed by atoms with Gasteiger partial charge in [-0.15, -0.1) is 0 Å². The van der Waals surface area contributed by atoms with Crippen molar-refractivity contribution in [3.63, 3.8) is 0 Å². The van der Waals surface area contributed by atoms with Crippen molar-refractivity contribution in [3.05, 3.63) is 0 Å². The average molecular weight is 238 g/mol. The molecule has 0 aliphatic heterocycles. The summed E-state index contributed by atoms with van der Waals surface area (Å²) in [5.74, 6) is 2.14. The Morgan fingerprint density at radius 3 is 2.44 bits per heavy atom. The van der Waals surface area contributed by atoms with Crippen molar-refractivity contribution < 1.29 is 0 Å². The summed E-state index contributed by atoms with van der Waals surface area (Å²) in [5.41, 5.74) is 0. The summed E-state index contributed by atoms with van der Waals surface area (Å²) < 4.78 is 1.39. The molecule has 0 amide bonds. The molecule has 1 aliphatic rings. The highest BCUT2D eigenvalue weighted by atomic mass is 127. The highest BCUT2D eigenvalue weighted by molar-refractivity contribution is 14.1. The predicted molar refractivity (Wildman–Crippen MR) is 50.0 cm³/mol. The van der Waals surface area contributed by atoms with E-state index in [2.05, 4.69) is 29.5 Å². The van der Waals surface area contributed by atoms with Gasteiger partial charge in [0.1, 0.15) is 0 Å². The van der Waals surface area contributed by atoms with Crippen LogP contribution in [0.5, 0.6) is 0 Å². The molecule has 1 heteroatoms. The molecule has 0 N–H and O–H groups in total. The van der Waals surface area contributed by atoms with Crippen LogP contribution in [0.15, 0.2) is 0 Å². The Hall–Kier alpha value is 0.730. The summed E-state index contributed by atoms with van der Waals surface area (Å²) in [5, 5.41) is 0. The summed E-state index contributed by atoms with van der Waals surface area (Å²) in [6.07, 6.45) is 5.91. The predicted octanol–water partition coefficient (Wildman–Crippen LogP) is 3.25. The van der Waals surface area contributed by atoms with E-state index in [1.807, 2.05) is 0 Å². The molecule has 2 unspecified atom stereocenters. The van der Waals surface area contributed by atoms with Crippen molar-refractivity contribution in [2.75, 3.05) is 4.43 Å². The molecule has 9 heavy (non-hydrogen) atoms. The molecule has 0 heterocycles. The van der Waals surface area contributed by atoms with Crippen molar-refractivity contribution in [2.45, 2.75) is 32.6 Å². The molecule has 2 atom stereocenters. The summed E-state index contributed by atoms with van der Waals surface area (Å²) in [6, 6.07) is 0. The molecule has 0 nitrogen and oxygen atoms in total. The molecular formula is C8H15I. The van der Waals surface area contributed by atoms with E-state index in [9.17, 15) is 0 Å². The van der Waals surface area contributed by atoms with E-state index >= 15 is 0 Å². The maximum Gasteiger partial charge on any atom is 0.00263 e. The Balaban J connectivity index is 2.32. The molecule has 0 spiro atoms. The Morgan fingerprint density at radius 1 is 1.33 bits per heavy atom. The number of hydrogen-bond acceptors (Lipinski definition) is 0. The van der Waals surface area contributed by atoms with Gasteiger partial charge in [-0.05, 0) is 18.3 Å². The molecule has 1 saturated carbocycles. The fourth-order valence-electron chi connectivity index (χ4n) is 1.85. The van der Waals surface area contributed by atoms with Crippen LogP contribution in [0.2, 0.25) is 0 Å². The monoisotopic (exact) mass is 238 g/mol.